The molecular formula is C23H24F3N9O. The number of aromatic nitrogens is 4. The van der Waals surface area contributed by atoms with Crippen molar-refractivity contribution < 1.29 is 18.0 Å². The van der Waals surface area contributed by atoms with Crippen LogP contribution in [-0.2, 0) is 6.18 Å². The molecule has 13 heteroatoms. The highest BCUT2D eigenvalue weighted by Gasteiger charge is 2.36. The number of anilines is 4. The number of fused-ring (bicyclic) bond motifs is 1. The molecule has 0 saturated carbocycles. The minimum atomic E-state index is -4.56. The Bertz CT molecular complexity index is 1390. The number of benzene rings is 2. The van der Waals surface area contributed by atoms with E-state index < -0.39 is 17.8 Å². The van der Waals surface area contributed by atoms with Gasteiger partial charge >= 0.3 is 12.2 Å². The molecule has 2 amide bonds. The van der Waals surface area contributed by atoms with Crippen LogP contribution >= 0.6 is 0 Å². The number of carbonyl (C=O) groups is 1. The molecule has 0 bridgehead atoms. The molecule has 0 atom stereocenters. The first-order chi connectivity index (χ1) is 17.2. The average molecular weight is 500 g/mol. The van der Waals surface area contributed by atoms with Crippen molar-refractivity contribution in [2.75, 3.05) is 54.5 Å². The zero-order chi connectivity index (χ0) is 25.4. The number of piperazine rings is 1. The summed E-state index contributed by atoms with van der Waals surface area (Å²) in [4.78, 5) is 20.5. The third-order valence-corrected chi connectivity index (χ3v) is 6.09. The van der Waals surface area contributed by atoms with E-state index in [2.05, 4.69) is 30.7 Å². The first-order valence-corrected chi connectivity index (χ1v) is 11.2. The number of nitrogens with one attached hydrogen (secondary N) is 3. The molecule has 10 nitrogen and oxygen atoms in total. The SMILES string of the molecule is CN1CCN(c2ccc(NC(=O)Nc3ccc(-n4cnc5c(N)[nH]nc54)cc3)cc2C(F)(F)F)CC1. The van der Waals surface area contributed by atoms with Gasteiger partial charge < -0.3 is 26.2 Å². The average Bonchev–Trinajstić information content (AvgIpc) is 3.42. The standard InChI is InChI=1S/C23H24F3N9O/c1-33-8-10-34(11-9-33)18-7-4-15(12-17(18)23(24,25)26)30-22(36)29-14-2-5-16(6-3-14)35-13-28-19-20(27)31-32-21(19)35/h2-7,12-13H,8-11H2,1H3,(H3,27,31,32)(H2,29,30,36). The lowest BCUT2D eigenvalue weighted by atomic mass is 10.1. The van der Waals surface area contributed by atoms with Gasteiger partial charge in [0.2, 0.25) is 0 Å². The van der Waals surface area contributed by atoms with Crippen LogP contribution in [0.1, 0.15) is 5.56 Å². The molecule has 0 radical (unpaired) electrons. The fourth-order valence-corrected chi connectivity index (χ4v) is 4.16. The van der Waals surface area contributed by atoms with Gasteiger partial charge in [0.05, 0.1) is 5.56 Å². The van der Waals surface area contributed by atoms with Crippen molar-refractivity contribution in [3.8, 4) is 5.69 Å². The second-order valence-electron chi connectivity index (χ2n) is 8.57. The third-order valence-electron chi connectivity index (χ3n) is 6.09. The molecule has 36 heavy (non-hydrogen) atoms. The molecule has 1 aliphatic heterocycles. The molecule has 0 aliphatic carbocycles. The van der Waals surface area contributed by atoms with Gasteiger partial charge in [-0.25, -0.2) is 9.78 Å². The number of hydrogen-bond acceptors (Lipinski definition) is 6. The number of likely N-dealkylation sites (N-methyl/N-ethyl adjacent to an activating group) is 1. The summed E-state index contributed by atoms with van der Waals surface area (Å²) in [5, 5.41) is 11.9. The first-order valence-electron chi connectivity index (χ1n) is 11.2. The van der Waals surface area contributed by atoms with E-state index in [1.54, 1.807) is 40.1 Å². The molecule has 0 unspecified atom stereocenters. The molecular weight excluding hydrogens is 475 g/mol. The molecule has 2 aromatic carbocycles. The van der Waals surface area contributed by atoms with Crippen LogP contribution in [0.2, 0.25) is 0 Å². The lowest BCUT2D eigenvalue weighted by Crippen LogP contribution is -2.45. The van der Waals surface area contributed by atoms with E-state index in [1.165, 1.54) is 12.1 Å². The van der Waals surface area contributed by atoms with Gasteiger partial charge in [0.1, 0.15) is 12.1 Å². The van der Waals surface area contributed by atoms with Gasteiger partial charge in [0.25, 0.3) is 0 Å². The number of amides is 2. The summed E-state index contributed by atoms with van der Waals surface area (Å²) in [7, 11) is 1.94. The number of nitrogens with zero attached hydrogens (tertiary/aromatic N) is 5. The van der Waals surface area contributed by atoms with Crippen molar-refractivity contribution in [1.29, 1.82) is 0 Å². The summed E-state index contributed by atoms with van der Waals surface area (Å²) in [5.74, 6) is 0.365. The fraction of sp³-hybridized carbons (Fsp3) is 0.261. The number of urea groups is 1. The molecule has 3 heterocycles. The highest BCUT2D eigenvalue weighted by molar-refractivity contribution is 6.00. The molecule has 188 valence electrons. The zero-order valence-corrected chi connectivity index (χ0v) is 19.3. The Kier molecular flexibility index (Phi) is 5.92. The Labute approximate surface area is 203 Å². The number of hydrogen-bond donors (Lipinski definition) is 4. The Hall–Kier alpha value is -4.26. The van der Waals surface area contributed by atoms with Crippen molar-refractivity contribution in [1.82, 2.24) is 24.6 Å². The number of aromatic amines is 1. The lowest BCUT2D eigenvalue weighted by molar-refractivity contribution is -0.137. The van der Waals surface area contributed by atoms with Crippen molar-refractivity contribution >= 4 is 40.1 Å². The summed E-state index contributed by atoms with van der Waals surface area (Å²) in [6, 6.07) is 10.0. The van der Waals surface area contributed by atoms with Crippen LogP contribution in [0.4, 0.5) is 40.8 Å². The summed E-state index contributed by atoms with van der Waals surface area (Å²) >= 11 is 0. The van der Waals surface area contributed by atoms with Gasteiger partial charge in [0.15, 0.2) is 11.2 Å². The maximum absolute atomic E-state index is 13.8. The molecule has 0 spiro atoms. The highest BCUT2D eigenvalue weighted by Crippen LogP contribution is 2.38. The third kappa shape index (κ3) is 4.64. The monoisotopic (exact) mass is 499 g/mol. The summed E-state index contributed by atoms with van der Waals surface area (Å²) in [6.07, 6.45) is -2.97. The molecule has 2 aromatic heterocycles. The van der Waals surface area contributed by atoms with Gasteiger partial charge in [0, 0.05) is 48.9 Å². The number of carbonyl (C=O) groups excluding carboxylic acids is 1. The second kappa shape index (κ2) is 9.07. The Morgan fingerprint density at radius 2 is 1.69 bits per heavy atom. The number of nitrogens with two attached hydrogens (primary N) is 1. The maximum atomic E-state index is 13.8. The van der Waals surface area contributed by atoms with E-state index in [4.69, 9.17) is 5.73 Å². The number of nitrogen functional groups attached to an aromatic ring is 1. The van der Waals surface area contributed by atoms with Gasteiger partial charge in [-0.1, -0.05) is 0 Å². The molecule has 1 aliphatic rings. The van der Waals surface area contributed by atoms with Crippen LogP contribution < -0.4 is 21.3 Å². The van der Waals surface area contributed by atoms with E-state index in [-0.39, 0.29) is 11.4 Å². The van der Waals surface area contributed by atoms with Gasteiger partial charge in [-0.3, -0.25) is 9.67 Å². The smallest absolute Gasteiger partial charge is 0.382 e. The van der Waals surface area contributed by atoms with Crippen LogP contribution in [0, 0.1) is 0 Å². The summed E-state index contributed by atoms with van der Waals surface area (Å²) in [5.41, 5.74) is 7.47. The Balaban J connectivity index is 1.28. The fourth-order valence-electron chi connectivity index (χ4n) is 4.16. The van der Waals surface area contributed by atoms with Crippen molar-refractivity contribution in [2.24, 2.45) is 0 Å². The molecule has 1 fully saturated rings. The van der Waals surface area contributed by atoms with Crippen molar-refractivity contribution in [3.05, 3.63) is 54.4 Å². The first kappa shape index (κ1) is 23.5. The quantitative estimate of drug-likeness (QED) is 0.340. The number of alkyl halides is 3. The van der Waals surface area contributed by atoms with E-state index in [0.29, 0.717) is 48.8 Å². The minimum absolute atomic E-state index is 0.0475. The van der Waals surface area contributed by atoms with E-state index >= 15 is 0 Å². The topological polar surface area (TPSA) is 120 Å². The second-order valence-corrected chi connectivity index (χ2v) is 8.57. The minimum Gasteiger partial charge on any atom is -0.382 e. The highest BCUT2D eigenvalue weighted by atomic mass is 19.4. The van der Waals surface area contributed by atoms with E-state index in [0.717, 1.165) is 11.8 Å². The van der Waals surface area contributed by atoms with Crippen LogP contribution in [0.25, 0.3) is 16.9 Å². The summed E-state index contributed by atoms with van der Waals surface area (Å²) in [6.45, 7) is 2.36. The van der Waals surface area contributed by atoms with E-state index in [9.17, 15) is 18.0 Å². The largest absolute Gasteiger partial charge is 0.418 e. The van der Waals surface area contributed by atoms with Gasteiger partial charge in [-0.2, -0.15) is 18.3 Å². The zero-order valence-electron chi connectivity index (χ0n) is 19.3. The Morgan fingerprint density at radius 3 is 2.39 bits per heavy atom. The normalized spacial score (nSPS) is 14.8. The van der Waals surface area contributed by atoms with Crippen LogP contribution in [-0.4, -0.2) is 63.9 Å². The number of imidazole rings is 1. The lowest BCUT2D eigenvalue weighted by Gasteiger charge is -2.35. The van der Waals surface area contributed by atoms with Crippen molar-refractivity contribution in [3.63, 3.8) is 0 Å². The Morgan fingerprint density at radius 1 is 1.03 bits per heavy atom. The van der Waals surface area contributed by atoms with Crippen LogP contribution in [0.5, 0.6) is 0 Å². The number of rotatable bonds is 4. The molecule has 5 N–H and O–H groups in total. The summed E-state index contributed by atoms with van der Waals surface area (Å²) < 4.78 is 43.2. The van der Waals surface area contributed by atoms with Gasteiger partial charge in [-0.05, 0) is 49.5 Å². The van der Waals surface area contributed by atoms with Crippen LogP contribution in [0.3, 0.4) is 0 Å². The van der Waals surface area contributed by atoms with Crippen LogP contribution in [0.15, 0.2) is 48.8 Å². The number of H-pyrrole nitrogens is 1. The van der Waals surface area contributed by atoms with Crippen molar-refractivity contribution in [2.45, 2.75) is 6.18 Å². The maximum Gasteiger partial charge on any atom is 0.418 e. The molecule has 1 saturated heterocycles. The van der Waals surface area contributed by atoms with Gasteiger partial charge in [-0.15, -0.1) is 0 Å². The molecule has 5 rings (SSSR count). The predicted octanol–water partition coefficient (Wildman–Crippen LogP) is 3.75. The number of halogens is 3. The predicted molar refractivity (Wildman–Crippen MR) is 131 cm³/mol. The molecule has 4 aromatic rings. The van der Waals surface area contributed by atoms with E-state index in [1.807, 2.05) is 7.05 Å².